The summed E-state index contributed by atoms with van der Waals surface area (Å²) in [4.78, 5) is 4.89. The monoisotopic (exact) mass is 544 g/mol. The second-order valence-electron chi connectivity index (χ2n) is 7.26. The van der Waals surface area contributed by atoms with Gasteiger partial charge >= 0.3 is 0 Å². The van der Waals surface area contributed by atoms with Gasteiger partial charge < -0.3 is 10.6 Å². The van der Waals surface area contributed by atoms with Crippen molar-refractivity contribution in [1.82, 2.24) is 14.9 Å². The molecule has 0 saturated carbocycles. The van der Waals surface area contributed by atoms with Crippen molar-refractivity contribution in [2.24, 2.45) is 4.99 Å². The van der Waals surface area contributed by atoms with Crippen molar-refractivity contribution >= 4 is 40.0 Å². The minimum atomic E-state index is -3.51. The fraction of sp³-hybridized carbons (Fsp3) is 0.409. The number of hydrogen-bond donors (Lipinski definition) is 2. The highest BCUT2D eigenvalue weighted by atomic mass is 127. The summed E-state index contributed by atoms with van der Waals surface area (Å²) < 4.78 is 26.3. The molecule has 30 heavy (non-hydrogen) atoms. The van der Waals surface area contributed by atoms with Crippen LogP contribution < -0.4 is 10.6 Å². The number of hydrogen-bond acceptors (Lipinski definition) is 3. The number of guanidine groups is 1. The van der Waals surface area contributed by atoms with Crippen LogP contribution in [0.15, 0.2) is 52.4 Å². The molecule has 0 bridgehead atoms. The predicted molar refractivity (Wildman–Crippen MR) is 135 cm³/mol. The summed E-state index contributed by atoms with van der Waals surface area (Å²) in [6.45, 7) is 7.97. The van der Waals surface area contributed by atoms with E-state index in [1.165, 1.54) is 35.1 Å². The van der Waals surface area contributed by atoms with E-state index in [9.17, 15) is 8.42 Å². The zero-order chi connectivity index (χ0) is 21.4. The molecule has 0 radical (unpaired) electrons. The van der Waals surface area contributed by atoms with Gasteiger partial charge in [0.05, 0.1) is 11.4 Å². The standard InChI is InChI=1S/C22H32N4O2S.HI/c1-6-23-22(24-12-11-19-14-17(2)13-18(3)15-19)25-16-20-9-7-8-10-21(20)29(27,28)26(4)5;/h7-10,13-15H,6,11-12,16H2,1-5H3,(H2,23,24,25);1H. The van der Waals surface area contributed by atoms with Crippen LogP contribution in [0.3, 0.4) is 0 Å². The molecule has 2 N–H and O–H groups in total. The number of rotatable bonds is 8. The van der Waals surface area contributed by atoms with Crippen molar-refractivity contribution in [2.45, 2.75) is 38.6 Å². The molecule has 0 atom stereocenters. The summed E-state index contributed by atoms with van der Waals surface area (Å²) in [7, 11) is -0.434. The minimum Gasteiger partial charge on any atom is -0.357 e. The highest BCUT2D eigenvalue weighted by Gasteiger charge is 2.20. The van der Waals surface area contributed by atoms with Gasteiger partial charge in [-0.05, 0) is 44.4 Å². The molecule has 0 aliphatic rings. The van der Waals surface area contributed by atoms with Crippen LogP contribution in [0.1, 0.15) is 29.2 Å². The van der Waals surface area contributed by atoms with Crippen LogP contribution in [0.4, 0.5) is 0 Å². The Morgan fingerprint density at radius 3 is 2.27 bits per heavy atom. The van der Waals surface area contributed by atoms with Gasteiger partial charge in [0.15, 0.2) is 5.96 Å². The van der Waals surface area contributed by atoms with Gasteiger partial charge in [-0.15, -0.1) is 24.0 Å². The van der Waals surface area contributed by atoms with Crippen molar-refractivity contribution in [1.29, 1.82) is 0 Å². The number of aliphatic imine (C=N–C) groups is 1. The summed E-state index contributed by atoms with van der Waals surface area (Å²) in [6.07, 6.45) is 0.887. The highest BCUT2D eigenvalue weighted by Crippen LogP contribution is 2.19. The lowest BCUT2D eigenvalue weighted by molar-refractivity contribution is 0.519. The molecule has 2 aromatic carbocycles. The van der Waals surface area contributed by atoms with Gasteiger partial charge in [-0.25, -0.2) is 17.7 Å². The molecule has 6 nitrogen and oxygen atoms in total. The molecule has 0 aromatic heterocycles. The maximum Gasteiger partial charge on any atom is 0.242 e. The van der Waals surface area contributed by atoms with Crippen LogP contribution in [-0.2, 0) is 23.0 Å². The van der Waals surface area contributed by atoms with E-state index in [1.54, 1.807) is 18.2 Å². The summed E-state index contributed by atoms with van der Waals surface area (Å²) in [5.41, 5.74) is 4.49. The Kier molecular flexibility index (Phi) is 10.8. The molecule has 0 heterocycles. The van der Waals surface area contributed by atoms with E-state index in [1.807, 2.05) is 13.0 Å². The zero-order valence-corrected chi connectivity index (χ0v) is 21.5. The Hall–Kier alpha value is -1.65. The first kappa shape index (κ1) is 26.4. The molecule has 0 amide bonds. The average molecular weight is 545 g/mol. The number of aryl methyl sites for hydroxylation is 2. The van der Waals surface area contributed by atoms with E-state index in [0.29, 0.717) is 16.4 Å². The Balaban J connectivity index is 0.00000450. The van der Waals surface area contributed by atoms with Crippen molar-refractivity contribution < 1.29 is 8.42 Å². The Morgan fingerprint density at radius 1 is 1.03 bits per heavy atom. The maximum atomic E-state index is 12.6. The van der Waals surface area contributed by atoms with Crippen LogP contribution in [-0.4, -0.2) is 45.9 Å². The molecule has 0 fully saturated rings. The van der Waals surface area contributed by atoms with E-state index >= 15 is 0 Å². The van der Waals surface area contributed by atoms with Gasteiger partial charge in [-0.2, -0.15) is 0 Å². The van der Waals surface area contributed by atoms with Crippen molar-refractivity contribution in [2.75, 3.05) is 27.2 Å². The molecule has 166 valence electrons. The van der Waals surface area contributed by atoms with Gasteiger partial charge in [-0.1, -0.05) is 47.5 Å². The molecule has 0 spiro atoms. The third kappa shape index (κ3) is 7.55. The number of sulfonamides is 1. The van der Waals surface area contributed by atoms with E-state index in [0.717, 1.165) is 19.5 Å². The normalized spacial score (nSPS) is 11.9. The van der Waals surface area contributed by atoms with Gasteiger partial charge in [0.1, 0.15) is 0 Å². The number of halogens is 1. The summed E-state index contributed by atoms with van der Waals surface area (Å²) >= 11 is 0. The Bertz CT molecular complexity index is 939. The van der Waals surface area contributed by atoms with E-state index in [4.69, 9.17) is 0 Å². The quantitative estimate of drug-likeness (QED) is 0.303. The average Bonchev–Trinajstić information content (AvgIpc) is 2.65. The lowest BCUT2D eigenvalue weighted by Crippen LogP contribution is -2.38. The van der Waals surface area contributed by atoms with Gasteiger partial charge in [-0.3, -0.25) is 0 Å². The fourth-order valence-corrected chi connectivity index (χ4v) is 4.24. The van der Waals surface area contributed by atoms with Gasteiger partial charge in [0.25, 0.3) is 0 Å². The summed E-state index contributed by atoms with van der Waals surface area (Å²) in [5.74, 6) is 0.675. The maximum absolute atomic E-state index is 12.6. The first-order valence-corrected chi connectivity index (χ1v) is 11.3. The summed E-state index contributed by atoms with van der Waals surface area (Å²) in [5, 5.41) is 6.56. The molecule has 0 unspecified atom stereocenters. The van der Waals surface area contributed by atoms with E-state index in [2.05, 4.69) is 47.7 Å². The molecular weight excluding hydrogens is 511 g/mol. The molecule has 8 heteroatoms. The molecule has 0 aliphatic carbocycles. The van der Waals surface area contributed by atoms with Crippen molar-refractivity contribution in [3.63, 3.8) is 0 Å². The van der Waals surface area contributed by atoms with Gasteiger partial charge in [0, 0.05) is 27.2 Å². The van der Waals surface area contributed by atoms with E-state index < -0.39 is 10.0 Å². The number of nitrogens with zero attached hydrogens (tertiary/aromatic N) is 2. The molecule has 2 rings (SSSR count). The number of nitrogens with one attached hydrogen (secondary N) is 2. The minimum absolute atomic E-state index is 0. The summed E-state index contributed by atoms with van der Waals surface area (Å²) in [6, 6.07) is 13.6. The number of benzene rings is 2. The van der Waals surface area contributed by atoms with E-state index in [-0.39, 0.29) is 30.5 Å². The first-order chi connectivity index (χ1) is 13.7. The third-order valence-electron chi connectivity index (χ3n) is 4.47. The van der Waals surface area contributed by atoms with Crippen LogP contribution in [0, 0.1) is 13.8 Å². The van der Waals surface area contributed by atoms with Crippen molar-refractivity contribution in [3.05, 3.63) is 64.7 Å². The Morgan fingerprint density at radius 2 is 1.67 bits per heavy atom. The molecular formula is C22H33IN4O2S. The third-order valence-corrected chi connectivity index (χ3v) is 6.39. The molecule has 0 saturated heterocycles. The largest absolute Gasteiger partial charge is 0.357 e. The van der Waals surface area contributed by atoms with Crippen LogP contribution in [0.25, 0.3) is 0 Å². The van der Waals surface area contributed by atoms with Crippen molar-refractivity contribution in [3.8, 4) is 0 Å². The zero-order valence-electron chi connectivity index (χ0n) is 18.4. The smallest absolute Gasteiger partial charge is 0.242 e. The highest BCUT2D eigenvalue weighted by molar-refractivity contribution is 14.0. The molecule has 2 aromatic rings. The Labute approximate surface area is 198 Å². The second-order valence-corrected chi connectivity index (χ2v) is 9.38. The molecule has 0 aliphatic heterocycles. The fourth-order valence-electron chi connectivity index (χ4n) is 3.13. The second kappa shape index (κ2) is 12.3. The topological polar surface area (TPSA) is 73.8 Å². The lowest BCUT2D eigenvalue weighted by atomic mass is 10.1. The van der Waals surface area contributed by atoms with Crippen LogP contribution in [0.2, 0.25) is 0 Å². The SMILES string of the molecule is CCNC(=NCc1ccccc1S(=O)(=O)N(C)C)NCCc1cc(C)cc(C)c1.I. The lowest BCUT2D eigenvalue weighted by Gasteiger charge is -2.15. The van der Waals surface area contributed by atoms with Crippen LogP contribution >= 0.6 is 24.0 Å². The van der Waals surface area contributed by atoms with Gasteiger partial charge in [0.2, 0.25) is 10.0 Å². The van der Waals surface area contributed by atoms with Crippen LogP contribution in [0.5, 0.6) is 0 Å². The predicted octanol–water partition coefficient (Wildman–Crippen LogP) is 3.47. The first-order valence-electron chi connectivity index (χ1n) is 9.84.